The molecule has 0 saturated carbocycles. The summed E-state index contributed by atoms with van der Waals surface area (Å²) >= 11 is 0. The lowest BCUT2D eigenvalue weighted by atomic mass is 9.93. The van der Waals surface area contributed by atoms with Gasteiger partial charge in [0.2, 0.25) is 0 Å². The quantitative estimate of drug-likeness (QED) is 0.788. The van der Waals surface area contributed by atoms with E-state index in [0.717, 1.165) is 17.5 Å². The zero-order chi connectivity index (χ0) is 14.2. The van der Waals surface area contributed by atoms with Gasteiger partial charge < -0.3 is 9.47 Å². The van der Waals surface area contributed by atoms with Crippen molar-refractivity contribution in [1.29, 1.82) is 0 Å². The normalized spacial score (nSPS) is 17.8. The number of fused-ring (bicyclic) bond motifs is 1. The Hall–Kier alpha value is -1.32. The Bertz CT molecular complexity index is 469. The predicted molar refractivity (Wildman–Crippen MR) is 69.9 cm³/mol. The lowest BCUT2D eigenvalue weighted by molar-refractivity contribution is -0.287. The van der Waals surface area contributed by atoms with Gasteiger partial charge in [-0.15, -0.1) is 8.78 Å². The molecular formula is C15H20F2O2. The number of halogens is 2. The number of rotatable bonds is 4. The average Bonchev–Trinajstić information content (AvgIpc) is 2.63. The molecule has 0 N–H and O–H groups in total. The molecule has 1 aromatic carbocycles. The van der Waals surface area contributed by atoms with Crippen molar-refractivity contribution in [2.24, 2.45) is 5.92 Å². The molecule has 0 bridgehead atoms. The van der Waals surface area contributed by atoms with E-state index in [-0.39, 0.29) is 17.4 Å². The highest BCUT2D eigenvalue weighted by Gasteiger charge is 2.46. The van der Waals surface area contributed by atoms with Crippen LogP contribution in [0.3, 0.4) is 0 Å². The molecule has 1 aliphatic heterocycles. The molecule has 0 saturated heterocycles. The number of hydrogen-bond donors (Lipinski definition) is 0. The van der Waals surface area contributed by atoms with Gasteiger partial charge in [-0.2, -0.15) is 0 Å². The Morgan fingerprint density at radius 2 is 1.74 bits per heavy atom. The highest BCUT2D eigenvalue weighted by molar-refractivity contribution is 5.55. The van der Waals surface area contributed by atoms with Crippen LogP contribution in [0.1, 0.15) is 51.2 Å². The smallest absolute Gasteiger partial charge is 0.395 e. The molecule has 0 aromatic heterocycles. The number of benzene rings is 1. The molecule has 0 spiro atoms. The van der Waals surface area contributed by atoms with Crippen LogP contribution < -0.4 is 9.47 Å². The van der Waals surface area contributed by atoms with Gasteiger partial charge in [0, 0.05) is 5.56 Å². The van der Waals surface area contributed by atoms with Crippen LogP contribution in [0.4, 0.5) is 8.78 Å². The molecule has 0 fully saturated rings. The molecule has 19 heavy (non-hydrogen) atoms. The Kier molecular flexibility index (Phi) is 3.70. The summed E-state index contributed by atoms with van der Waals surface area (Å²) in [6, 6.07) is 3.76. The van der Waals surface area contributed by atoms with Crippen LogP contribution in [-0.2, 0) is 6.42 Å². The minimum atomic E-state index is -3.54. The first-order chi connectivity index (χ1) is 8.84. The molecule has 1 heterocycles. The minimum absolute atomic E-state index is 0.166. The van der Waals surface area contributed by atoms with Crippen LogP contribution in [0, 0.1) is 5.92 Å². The van der Waals surface area contributed by atoms with Crippen LogP contribution in [0.2, 0.25) is 0 Å². The first-order valence-corrected chi connectivity index (χ1v) is 6.75. The largest absolute Gasteiger partial charge is 0.586 e. The third kappa shape index (κ3) is 2.82. The standard InChI is InChI=1S/C15H20F2O2/c1-5-10(4)12-7-6-11(8-9(2)3)13-14(12)19-15(16,17)18-13/h6-7,9-10H,5,8H2,1-4H3. The maximum absolute atomic E-state index is 13.4. The lowest BCUT2D eigenvalue weighted by Crippen LogP contribution is -2.26. The van der Waals surface area contributed by atoms with Crippen molar-refractivity contribution in [3.05, 3.63) is 23.3 Å². The summed E-state index contributed by atoms with van der Waals surface area (Å²) in [5, 5.41) is 0. The van der Waals surface area contributed by atoms with E-state index in [1.165, 1.54) is 0 Å². The van der Waals surface area contributed by atoms with Crippen molar-refractivity contribution < 1.29 is 18.3 Å². The van der Waals surface area contributed by atoms with E-state index >= 15 is 0 Å². The highest BCUT2D eigenvalue weighted by atomic mass is 19.3. The minimum Gasteiger partial charge on any atom is -0.395 e. The predicted octanol–water partition coefficient (Wildman–Crippen LogP) is 4.72. The van der Waals surface area contributed by atoms with Crippen molar-refractivity contribution in [2.75, 3.05) is 0 Å². The molecule has 0 radical (unpaired) electrons. The SMILES string of the molecule is CCC(C)c1ccc(CC(C)C)c2c1OC(F)(F)O2. The van der Waals surface area contributed by atoms with Crippen LogP contribution in [0.5, 0.6) is 11.5 Å². The Labute approximate surface area is 112 Å². The summed E-state index contributed by atoms with van der Waals surface area (Å²) < 4.78 is 36.1. The zero-order valence-corrected chi connectivity index (χ0v) is 11.8. The zero-order valence-electron chi connectivity index (χ0n) is 11.8. The van der Waals surface area contributed by atoms with E-state index in [0.29, 0.717) is 12.3 Å². The van der Waals surface area contributed by atoms with Crippen LogP contribution in [0.15, 0.2) is 12.1 Å². The van der Waals surface area contributed by atoms with Crippen molar-refractivity contribution in [1.82, 2.24) is 0 Å². The fourth-order valence-corrected chi connectivity index (χ4v) is 2.30. The molecule has 106 valence electrons. The topological polar surface area (TPSA) is 18.5 Å². The second kappa shape index (κ2) is 4.99. The van der Waals surface area contributed by atoms with Crippen LogP contribution in [0.25, 0.3) is 0 Å². The molecule has 1 unspecified atom stereocenters. The summed E-state index contributed by atoms with van der Waals surface area (Å²) in [7, 11) is 0. The molecule has 4 heteroatoms. The second-order valence-corrected chi connectivity index (χ2v) is 5.55. The molecule has 2 nitrogen and oxygen atoms in total. The summed E-state index contributed by atoms with van der Waals surface area (Å²) in [5.41, 5.74) is 1.58. The number of ether oxygens (including phenoxy) is 2. The number of alkyl halides is 2. The van der Waals surface area contributed by atoms with Crippen molar-refractivity contribution in [2.45, 2.75) is 52.7 Å². The van der Waals surface area contributed by atoms with Crippen LogP contribution in [-0.4, -0.2) is 6.29 Å². The summed E-state index contributed by atoms with van der Waals surface area (Å²) in [6.07, 6.45) is -1.98. The number of hydrogen-bond acceptors (Lipinski definition) is 2. The van der Waals surface area contributed by atoms with E-state index in [9.17, 15) is 8.78 Å². The van der Waals surface area contributed by atoms with Crippen molar-refractivity contribution in [3.63, 3.8) is 0 Å². The van der Waals surface area contributed by atoms with Gasteiger partial charge in [0.05, 0.1) is 0 Å². The average molecular weight is 270 g/mol. The fraction of sp³-hybridized carbons (Fsp3) is 0.600. The highest BCUT2D eigenvalue weighted by Crippen LogP contribution is 2.48. The van der Waals surface area contributed by atoms with Crippen molar-refractivity contribution in [3.8, 4) is 11.5 Å². The molecule has 0 aliphatic carbocycles. The summed E-state index contributed by atoms with van der Waals surface area (Å²) in [4.78, 5) is 0. The van der Waals surface area contributed by atoms with Gasteiger partial charge >= 0.3 is 6.29 Å². The van der Waals surface area contributed by atoms with Gasteiger partial charge in [-0.05, 0) is 30.2 Å². The summed E-state index contributed by atoms with van der Waals surface area (Å²) in [6.45, 7) is 8.11. The fourth-order valence-electron chi connectivity index (χ4n) is 2.30. The Balaban J connectivity index is 2.46. The van der Waals surface area contributed by atoms with E-state index in [1.54, 1.807) is 0 Å². The Morgan fingerprint density at radius 1 is 1.11 bits per heavy atom. The maximum atomic E-state index is 13.4. The van der Waals surface area contributed by atoms with Gasteiger partial charge in [0.1, 0.15) is 0 Å². The van der Waals surface area contributed by atoms with Crippen molar-refractivity contribution >= 4 is 0 Å². The molecule has 1 atom stereocenters. The Morgan fingerprint density at radius 3 is 2.32 bits per heavy atom. The monoisotopic (exact) mass is 270 g/mol. The third-order valence-corrected chi connectivity index (χ3v) is 3.44. The summed E-state index contributed by atoms with van der Waals surface area (Å²) in [5.74, 6) is 0.977. The van der Waals surface area contributed by atoms with E-state index < -0.39 is 6.29 Å². The molecular weight excluding hydrogens is 250 g/mol. The molecule has 0 amide bonds. The molecule has 2 rings (SSSR count). The molecule has 1 aromatic rings. The van der Waals surface area contributed by atoms with Gasteiger partial charge in [-0.1, -0.05) is 39.8 Å². The van der Waals surface area contributed by atoms with Gasteiger partial charge in [-0.25, -0.2) is 0 Å². The van der Waals surface area contributed by atoms with Gasteiger partial charge in [0.25, 0.3) is 0 Å². The van der Waals surface area contributed by atoms with E-state index in [1.807, 2.05) is 39.8 Å². The van der Waals surface area contributed by atoms with Crippen LogP contribution >= 0.6 is 0 Å². The second-order valence-electron chi connectivity index (χ2n) is 5.55. The van der Waals surface area contributed by atoms with E-state index in [2.05, 4.69) is 0 Å². The van der Waals surface area contributed by atoms with Gasteiger partial charge in [0.15, 0.2) is 11.5 Å². The first kappa shape index (κ1) is 14.1. The maximum Gasteiger partial charge on any atom is 0.586 e. The third-order valence-electron chi connectivity index (χ3n) is 3.44. The lowest BCUT2D eigenvalue weighted by Gasteiger charge is -2.14. The van der Waals surface area contributed by atoms with Gasteiger partial charge in [-0.3, -0.25) is 0 Å². The molecule has 1 aliphatic rings. The van der Waals surface area contributed by atoms with E-state index in [4.69, 9.17) is 9.47 Å². The first-order valence-electron chi connectivity index (χ1n) is 6.75.